The molecule has 0 amide bonds. The third-order valence-corrected chi connectivity index (χ3v) is 1.39. The first-order valence-electron chi connectivity index (χ1n) is 2.09. The zero-order valence-electron chi connectivity index (χ0n) is 3.36. The van der Waals surface area contributed by atoms with Crippen LogP contribution in [0, 0.1) is 0 Å². The average Bonchev–Trinajstić information content (AvgIpc) is 1.33. The third kappa shape index (κ3) is 0.660. The van der Waals surface area contributed by atoms with Crippen LogP contribution in [0.25, 0.3) is 0 Å². The van der Waals surface area contributed by atoms with Crippen molar-refractivity contribution in [2.45, 2.75) is 24.3 Å². The van der Waals surface area contributed by atoms with Gasteiger partial charge in [0.25, 0.3) is 0 Å². The summed E-state index contributed by atoms with van der Waals surface area (Å²) in [6.45, 7) is 0. The smallest absolute Gasteiger partial charge is 0.0958 e. The van der Waals surface area contributed by atoms with Gasteiger partial charge in [0.2, 0.25) is 0 Å². The molecule has 0 unspecified atom stereocenters. The lowest BCUT2D eigenvalue weighted by molar-refractivity contribution is 0.0283. The zero-order chi connectivity index (χ0) is 4.57. The van der Waals surface area contributed by atoms with Crippen LogP contribution in [0.4, 0.5) is 0 Å². The van der Waals surface area contributed by atoms with Crippen LogP contribution in [0.1, 0.15) is 12.8 Å². The Bertz CT molecular complexity index is 43.5. The largest absolute Gasteiger partial charge is 0.233 e. The van der Waals surface area contributed by atoms with Crippen LogP contribution in [0.15, 0.2) is 0 Å². The van der Waals surface area contributed by atoms with Crippen LogP contribution in [0.3, 0.4) is 0 Å². The number of hydrogen-bond acceptors (Lipinski definition) is 0. The molecule has 0 bridgehead atoms. The van der Waals surface area contributed by atoms with E-state index in [1.807, 2.05) is 0 Å². The highest BCUT2D eigenvalue weighted by atomic mass is 35.5. The van der Waals surface area contributed by atoms with Gasteiger partial charge in [0.1, 0.15) is 0 Å². The number of alkyl halides is 1. The summed E-state index contributed by atoms with van der Waals surface area (Å²) in [5.74, 6) is 0. The normalized spacial score (nSPS) is 45.0. The first-order chi connectivity index (χ1) is 2.79. The molecule has 1 aliphatic rings. The fourth-order valence-electron chi connectivity index (χ4n) is 0.501. The molecular weight excluding hydrogens is 99.5 g/mol. The lowest BCUT2D eigenvalue weighted by Crippen LogP contribution is -2.27. The van der Waals surface area contributed by atoms with Gasteiger partial charge >= 0.3 is 0 Å². The average molecular weight is 106 g/mol. The lowest BCUT2D eigenvalue weighted by Gasteiger charge is -2.22. The molecular formula is C4H6ClO. The highest BCUT2D eigenvalue weighted by molar-refractivity contribution is 6.21. The Balaban J connectivity index is 2.11. The van der Waals surface area contributed by atoms with E-state index in [1.165, 1.54) is 0 Å². The minimum Gasteiger partial charge on any atom is -0.233 e. The second kappa shape index (κ2) is 1.39. The van der Waals surface area contributed by atoms with E-state index < -0.39 is 0 Å². The predicted octanol–water partition coefficient (Wildman–Crippen LogP) is 1.19. The van der Waals surface area contributed by atoms with Crippen molar-refractivity contribution in [1.82, 2.24) is 0 Å². The molecule has 1 saturated carbocycles. The maximum atomic E-state index is 10.1. The Kier molecular flexibility index (Phi) is 1.02. The molecule has 0 heterocycles. The quantitative estimate of drug-likeness (QED) is 0.413. The van der Waals surface area contributed by atoms with Crippen molar-refractivity contribution >= 4 is 11.6 Å². The van der Waals surface area contributed by atoms with Gasteiger partial charge in [-0.25, -0.2) is 5.11 Å². The van der Waals surface area contributed by atoms with E-state index in [-0.39, 0.29) is 11.5 Å². The van der Waals surface area contributed by atoms with Gasteiger partial charge in [-0.15, -0.1) is 11.6 Å². The van der Waals surface area contributed by atoms with Gasteiger partial charge in [0.05, 0.1) is 6.10 Å². The fourth-order valence-corrected chi connectivity index (χ4v) is 0.899. The molecule has 1 nitrogen and oxygen atoms in total. The van der Waals surface area contributed by atoms with E-state index in [0.29, 0.717) is 12.8 Å². The van der Waals surface area contributed by atoms with Crippen LogP contribution < -0.4 is 0 Å². The molecule has 1 fully saturated rings. The first kappa shape index (κ1) is 4.41. The number of hydrogen-bond donors (Lipinski definition) is 0. The van der Waals surface area contributed by atoms with Crippen molar-refractivity contribution in [2.75, 3.05) is 0 Å². The minimum absolute atomic E-state index is 0.201. The zero-order valence-corrected chi connectivity index (χ0v) is 4.11. The Labute approximate surface area is 41.9 Å². The summed E-state index contributed by atoms with van der Waals surface area (Å²) < 4.78 is 0. The topological polar surface area (TPSA) is 19.9 Å². The summed E-state index contributed by atoms with van der Waals surface area (Å²) in [6, 6.07) is 0. The summed E-state index contributed by atoms with van der Waals surface area (Å²) >= 11 is 5.44. The van der Waals surface area contributed by atoms with E-state index in [2.05, 4.69) is 0 Å². The van der Waals surface area contributed by atoms with Gasteiger partial charge in [-0.3, -0.25) is 0 Å². The number of halogens is 1. The second-order valence-corrected chi connectivity index (χ2v) is 2.31. The van der Waals surface area contributed by atoms with Gasteiger partial charge in [-0.2, -0.15) is 0 Å². The van der Waals surface area contributed by atoms with Crippen molar-refractivity contribution < 1.29 is 5.11 Å². The molecule has 35 valence electrons. The first-order valence-corrected chi connectivity index (χ1v) is 2.52. The monoisotopic (exact) mass is 105 g/mol. The molecule has 0 aromatic carbocycles. The molecule has 1 aliphatic carbocycles. The highest BCUT2D eigenvalue weighted by Crippen LogP contribution is 2.24. The van der Waals surface area contributed by atoms with Crippen LogP contribution in [0.2, 0.25) is 0 Å². The molecule has 0 aromatic heterocycles. The predicted molar refractivity (Wildman–Crippen MR) is 23.3 cm³/mol. The Hall–Kier alpha value is 0.250. The van der Waals surface area contributed by atoms with E-state index >= 15 is 0 Å². The summed E-state index contributed by atoms with van der Waals surface area (Å²) in [6.07, 6.45) is 1.02. The van der Waals surface area contributed by atoms with Crippen molar-refractivity contribution in [1.29, 1.82) is 0 Å². The fraction of sp³-hybridized carbons (Fsp3) is 1.00. The van der Waals surface area contributed by atoms with E-state index in [4.69, 9.17) is 11.6 Å². The van der Waals surface area contributed by atoms with Crippen molar-refractivity contribution in [3.05, 3.63) is 0 Å². The van der Waals surface area contributed by atoms with E-state index in [9.17, 15) is 5.11 Å². The molecule has 0 aromatic rings. The van der Waals surface area contributed by atoms with Gasteiger partial charge in [-0.05, 0) is 12.8 Å². The molecule has 6 heavy (non-hydrogen) atoms. The molecule has 0 aliphatic heterocycles. The summed E-state index contributed by atoms with van der Waals surface area (Å²) in [5, 5.41) is 10.3. The lowest BCUT2D eigenvalue weighted by atomic mass is 9.96. The molecule has 0 N–H and O–H groups in total. The molecule has 0 atom stereocenters. The van der Waals surface area contributed by atoms with Crippen molar-refractivity contribution in [2.24, 2.45) is 0 Å². The minimum atomic E-state index is -0.340. The standard InChI is InChI=1S/C4H6ClO/c5-3-1-4(6)2-3/h3-4H,1-2H2. The summed E-state index contributed by atoms with van der Waals surface area (Å²) in [5.41, 5.74) is 0. The van der Waals surface area contributed by atoms with E-state index in [0.717, 1.165) is 0 Å². The van der Waals surface area contributed by atoms with Crippen LogP contribution in [-0.2, 0) is 5.11 Å². The Morgan fingerprint density at radius 1 is 1.50 bits per heavy atom. The Morgan fingerprint density at radius 2 is 2.00 bits per heavy atom. The van der Waals surface area contributed by atoms with Crippen LogP contribution in [-0.4, -0.2) is 11.5 Å². The molecule has 0 saturated heterocycles. The highest BCUT2D eigenvalue weighted by Gasteiger charge is 2.25. The van der Waals surface area contributed by atoms with Crippen molar-refractivity contribution in [3.8, 4) is 0 Å². The maximum Gasteiger partial charge on any atom is 0.0958 e. The van der Waals surface area contributed by atoms with Crippen LogP contribution in [0.5, 0.6) is 0 Å². The number of rotatable bonds is 0. The van der Waals surface area contributed by atoms with Gasteiger partial charge in [0, 0.05) is 5.38 Å². The van der Waals surface area contributed by atoms with Gasteiger partial charge < -0.3 is 0 Å². The molecule has 0 spiro atoms. The van der Waals surface area contributed by atoms with E-state index in [1.54, 1.807) is 0 Å². The summed E-state index contributed by atoms with van der Waals surface area (Å²) in [7, 11) is 0. The Morgan fingerprint density at radius 3 is 2.00 bits per heavy atom. The molecule has 1 rings (SSSR count). The van der Waals surface area contributed by atoms with Gasteiger partial charge in [0.15, 0.2) is 0 Å². The molecule has 1 radical (unpaired) electrons. The molecule has 2 heteroatoms. The third-order valence-electron chi connectivity index (χ3n) is 1.04. The second-order valence-electron chi connectivity index (χ2n) is 1.69. The van der Waals surface area contributed by atoms with Gasteiger partial charge in [-0.1, -0.05) is 0 Å². The SMILES string of the molecule is [O]C1CC(Cl)C1. The summed E-state index contributed by atoms with van der Waals surface area (Å²) in [4.78, 5) is 0. The van der Waals surface area contributed by atoms with Crippen LogP contribution >= 0.6 is 11.6 Å². The van der Waals surface area contributed by atoms with Crippen molar-refractivity contribution in [3.63, 3.8) is 0 Å². The maximum absolute atomic E-state index is 10.1.